The lowest BCUT2D eigenvalue weighted by molar-refractivity contribution is 0.108. The van der Waals surface area contributed by atoms with E-state index >= 15 is 0 Å². The highest BCUT2D eigenvalue weighted by Gasteiger charge is 2.21. The minimum Gasteiger partial charge on any atom is -0.393 e. The highest BCUT2D eigenvalue weighted by Crippen LogP contribution is 2.30. The second kappa shape index (κ2) is 7.88. The zero-order valence-electron chi connectivity index (χ0n) is 17.8. The van der Waals surface area contributed by atoms with Gasteiger partial charge in [-0.1, -0.05) is 24.3 Å². The monoisotopic (exact) mass is 423 g/mol. The quantitative estimate of drug-likeness (QED) is 0.443. The van der Waals surface area contributed by atoms with E-state index < -0.39 is 0 Å². The third-order valence-electron chi connectivity index (χ3n) is 6.54. The van der Waals surface area contributed by atoms with Crippen LogP contribution in [-0.2, 0) is 6.54 Å². The Balaban J connectivity index is 1.24. The summed E-state index contributed by atoms with van der Waals surface area (Å²) in [4.78, 5) is 4.40. The van der Waals surface area contributed by atoms with E-state index in [2.05, 4.69) is 69.6 Å². The maximum absolute atomic E-state index is 9.76. The van der Waals surface area contributed by atoms with E-state index in [0.29, 0.717) is 6.04 Å². The van der Waals surface area contributed by atoms with Crippen molar-refractivity contribution in [3.8, 4) is 11.1 Å². The molecule has 0 bridgehead atoms. The van der Waals surface area contributed by atoms with Gasteiger partial charge >= 0.3 is 0 Å². The van der Waals surface area contributed by atoms with Crippen LogP contribution in [0.25, 0.3) is 32.9 Å². The number of aliphatic hydroxyl groups is 1. The Morgan fingerprint density at radius 3 is 2.69 bits per heavy atom. The number of hydrogen-bond acceptors (Lipinski definition) is 4. The Morgan fingerprint density at radius 2 is 1.78 bits per heavy atom. The molecule has 6 rings (SSSR count). The highest BCUT2D eigenvalue weighted by atomic mass is 16.3. The molecule has 1 aliphatic carbocycles. The second-order valence-corrected chi connectivity index (χ2v) is 8.80. The number of nitrogens with zero attached hydrogens (tertiary/aromatic N) is 5. The molecule has 0 radical (unpaired) electrons. The molecule has 3 heterocycles. The highest BCUT2D eigenvalue weighted by molar-refractivity contribution is 5.84. The van der Waals surface area contributed by atoms with Crippen molar-refractivity contribution >= 4 is 21.8 Å². The minimum absolute atomic E-state index is 0.148. The summed E-state index contributed by atoms with van der Waals surface area (Å²) in [6.07, 6.45) is 11.5. The summed E-state index contributed by atoms with van der Waals surface area (Å²) in [5.74, 6) is 0. The fourth-order valence-electron chi connectivity index (χ4n) is 4.75. The molecule has 3 aromatic heterocycles. The smallest absolute Gasteiger partial charge is 0.0929 e. The largest absolute Gasteiger partial charge is 0.393 e. The van der Waals surface area contributed by atoms with Crippen molar-refractivity contribution in [1.82, 2.24) is 24.5 Å². The lowest BCUT2D eigenvalue weighted by Crippen LogP contribution is -2.21. The maximum atomic E-state index is 9.76. The topological polar surface area (TPSA) is 68.8 Å². The van der Waals surface area contributed by atoms with E-state index in [9.17, 15) is 5.11 Å². The Bertz CT molecular complexity index is 1390. The third-order valence-corrected chi connectivity index (χ3v) is 6.54. The van der Waals surface area contributed by atoms with Gasteiger partial charge in [0.05, 0.1) is 35.9 Å². The Kier molecular flexibility index (Phi) is 4.72. The molecule has 0 unspecified atom stereocenters. The zero-order chi connectivity index (χ0) is 21.5. The Morgan fingerprint density at radius 1 is 0.875 bits per heavy atom. The molecule has 1 saturated carbocycles. The summed E-state index contributed by atoms with van der Waals surface area (Å²) in [5.41, 5.74) is 5.43. The molecule has 0 spiro atoms. The molecule has 32 heavy (non-hydrogen) atoms. The molecule has 6 heteroatoms. The molecule has 1 fully saturated rings. The number of aromatic nitrogens is 5. The van der Waals surface area contributed by atoms with E-state index in [1.165, 1.54) is 5.56 Å². The van der Waals surface area contributed by atoms with Crippen LogP contribution in [-0.4, -0.2) is 35.8 Å². The van der Waals surface area contributed by atoms with Gasteiger partial charge in [-0.05, 0) is 61.1 Å². The number of fused-ring (bicyclic) bond motifs is 2. The molecular formula is C26H25N5O. The normalized spacial score (nSPS) is 19.0. The molecule has 0 aliphatic heterocycles. The van der Waals surface area contributed by atoms with E-state index in [0.717, 1.165) is 65.2 Å². The van der Waals surface area contributed by atoms with Gasteiger partial charge in [0.2, 0.25) is 0 Å². The van der Waals surface area contributed by atoms with E-state index in [1.54, 1.807) is 0 Å². The van der Waals surface area contributed by atoms with Crippen molar-refractivity contribution in [3.63, 3.8) is 0 Å². The fourth-order valence-corrected chi connectivity index (χ4v) is 4.75. The molecule has 0 saturated heterocycles. The lowest BCUT2D eigenvalue weighted by atomic mass is 9.93. The molecule has 160 valence electrons. The van der Waals surface area contributed by atoms with E-state index in [1.807, 2.05) is 23.1 Å². The number of rotatable bonds is 4. The summed E-state index contributed by atoms with van der Waals surface area (Å²) < 4.78 is 4.07. The maximum Gasteiger partial charge on any atom is 0.0929 e. The molecule has 6 nitrogen and oxygen atoms in total. The van der Waals surface area contributed by atoms with Crippen molar-refractivity contribution < 1.29 is 5.11 Å². The lowest BCUT2D eigenvalue weighted by Gasteiger charge is -2.25. The Hall–Kier alpha value is -3.51. The molecular weight excluding hydrogens is 398 g/mol. The molecule has 0 amide bonds. The first-order chi connectivity index (χ1) is 15.7. The van der Waals surface area contributed by atoms with E-state index in [4.69, 9.17) is 5.10 Å². The standard InChI is InChI=1S/C26H25N5O/c32-24-8-6-23(7-9-24)31-17-22(14-28-31)19-4-5-21-16-30(29-26(21)13-19)15-18-3-10-25-20(12-18)2-1-11-27-25/h1-5,10-14,16-17,23-24,32H,6-9,15H2. The molecule has 2 aromatic carbocycles. The number of pyridine rings is 1. The SMILES string of the molecule is OC1CCC(n2cc(-c3ccc4cn(Cc5ccc6ncccc6c5)nc4c3)cn2)CC1. The van der Waals surface area contributed by atoms with Crippen LogP contribution in [0, 0.1) is 0 Å². The predicted octanol–water partition coefficient (Wildman–Crippen LogP) is 4.97. The van der Waals surface area contributed by atoms with Crippen LogP contribution in [0.3, 0.4) is 0 Å². The summed E-state index contributed by atoms with van der Waals surface area (Å²) in [7, 11) is 0. The number of aliphatic hydroxyl groups excluding tert-OH is 1. The second-order valence-electron chi connectivity index (χ2n) is 8.80. The third kappa shape index (κ3) is 3.67. The summed E-state index contributed by atoms with van der Waals surface area (Å²) >= 11 is 0. The van der Waals surface area contributed by atoms with Crippen molar-refractivity contribution in [2.75, 3.05) is 0 Å². The van der Waals surface area contributed by atoms with Crippen LogP contribution in [0.1, 0.15) is 37.3 Å². The number of benzene rings is 2. The van der Waals surface area contributed by atoms with Crippen molar-refractivity contribution in [2.24, 2.45) is 0 Å². The van der Waals surface area contributed by atoms with Crippen LogP contribution in [0.15, 0.2) is 73.3 Å². The fraction of sp³-hybridized carbons (Fsp3) is 0.269. The van der Waals surface area contributed by atoms with Crippen molar-refractivity contribution in [1.29, 1.82) is 0 Å². The average molecular weight is 424 g/mol. The summed E-state index contributed by atoms with van der Waals surface area (Å²) in [5, 5.41) is 21.5. The molecule has 5 aromatic rings. The van der Waals surface area contributed by atoms with E-state index in [-0.39, 0.29) is 6.10 Å². The summed E-state index contributed by atoms with van der Waals surface area (Å²) in [6.45, 7) is 0.723. The van der Waals surface area contributed by atoms with Gasteiger partial charge in [0.1, 0.15) is 0 Å². The first-order valence-corrected chi connectivity index (χ1v) is 11.2. The van der Waals surface area contributed by atoms with Gasteiger partial charge in [0.25, 0.3) is 0 Å². The average Bonchev–Trinajstić information content (AvgIpc) is 3.46. The van der Waals surface area contributed by atoms with Gasteiger partial charge < -0.3 is 5.11 Å². The van der Waals surface area contributed by atoms with Gasteiger partial charge in [0, 0.05) is 34.9 Å². The zero-order valence-corrected chi connectivity index (χ0v) is 17.8. The van der Waals surface area contributed by atoms with Gasteiger partial charge in [-0.2, -0.15) is 10.2 Å². The predicted molar refractivity (Wildman–Crippen MR) is 125 cm³/mol. The van der Waals surface area contributed by atoms with Crippen molar-refractivity contribution in [3.05, 3.63) is 78.9 Å². The number of hydrogen-bond donors (Lipinski definition) is 1. The first-order valence-electron chi connectivity index (χ1n) is 11.2. The molecule has 1 aliphatic rings. The first kappa shape index (κ1) is 19.2. The van der Waals surface area contributed by atoms with Gasteiger partial charge in [-0.25, -0.2) is 0 Å². The van der Waals surface area contributed by atoms with Gasteiger partial charge in [-0.3, -0.25) is 14.3 Å². The van der Waals surface area contributed by atoms with Crippen LogP contribution >= 0.6 is 0 Å². The molecule has 1 N–H and O–H groups in total. The minimum atomic E-state index is -0.148. The Labute approximate surface area is 186 Å². The van der Waals surface area contributed by atoms with Gasteiger partial charge in [-0.15, -0.1) is 0 Å². The van der Waals surface area contributed by atoms with Gasteiger partial charge in [0.15, 0.2) is 0 Å². The summed E-state index contributed by atoms with van der Waals surface area (Å²) in [6, 6.07) is 17.2. The van der Waals surface area contributed by atoms with Crippen LogP contribution in [0.2, 0.25) is 0 Å². The van der Waals surface area contributed by atoms with Crippen LogP contribution < -0.4 is 0 Å². The van der Waals surface area contributed by atoms with Crippen molar-refractivity contribution in [2.45, 2.75) is 44.4 Å². The molecule has 0 atom stereocenters. The van der Waals surface area contributed by atoms with Crippen LogP contribution in [0.5, 0.6) is 0 Å². The van der Waals surface area contributed by atoms with Crippen LogP contribution in [0.4, 0.5) is 0 Å².